The molecule has 134 valence electrons. The van der Waals surface area contributed by atoms with Crippen LogP contribution < -0.4 is 10.1 Å². The van der Waals surface area contributed by atoms with E-state index in [1.165, 1.54) is 0 Å². The van der Waals surface area contributed by atoms with Crippen molar-refractivity contribution in [1.29, 1.82) is 0 Å². The van der Waals surface area contributed by atoms with E-state index in [1.807, 2.05) is 48.3 Å². The second-order valence-electron chi connectivity index (χ2n) is 5.94. The van der Waals surface area contributed by atoms with Crippen molar-refractivity contribution >= 4 is 29.9 Å². The van der Waals surface area contributed by atoms with Crippen molar-refractivity contribution in [2.24, 2.45) is 0 Å². The van der Waals surface area contributed by atoms with Crippen molar-refractivity contribution in [3.05, 3.63) is 59.1 Å². The number of nitrogens with zero attached hydrogens (tertiary/aromatic N) is 1. The molecule has 1 aliphatic rings. The number of benzene rings is 2. The van der Waals surface area contributed by atoms with Gasteiger partial charge in [-0.05, 0) is 62.4 Å². The predicted octanol–water partition coefficient (Wildman–Crippen LogP) is 4.38. The van der Waals surface area contributed by atoms with E-state index in [2.05, 4.69) is 5.32 Å². The zero-order valence-corrected chi connectivity index (χ0v) is 15.6. The molecule has 25 heavy (non-hydrogen) atoms. The molecular formula is C19H22Cl2N2O2. The van der Waals surface area contributed by atoms with E-state index < -0.39 is 0 Å². The predicted molar refractivity (Wildman–Crippen MR) is 103 cm³/mol. The minimum Gasteiger partial charge on any atom is -0.457 e. The van der Waals surface area contributed by atoms with Crippen LogP contribution in [0.4, 0.5) is 0 Å². The fraction of sp³-hybridized carbons (Fsp3) is 0.316. The average Bonchev–Trinajstić information content (AvgIpc) is 2.62. The molecule has 0 aliphatic carbocycles. The Bertz CT molecular complexity index is 699. The molecule has 0 aromatic heterocycles. The van der Waals surface area contributed by atoms with Crippen LogP contribution in [0.5, 0.6) is 11.5 Å². The van der Waals surface area contributed by atoms with Gasteiger partial charge in [0.2, 0.25) is 0 Å². The summed E-state index contributed by atoms with van der Waals surface area (Å²) in [4.78, 5) is 14.5. The molecule has 1 saturated heterocycles. The molecule has 0 atom stereocenters. The van der Waals surface area contributed by atoms with Crippen LogP contribution in [0, 0.1) is 0 Å². The first-order valence-electron chi connectivity index (χ1n) is 8.16. The maximum atomic E-state index is 12.6. The fourth-order valence-corrected chi connectivity index (χ4v) is 3.07. The second kappa shape index (κ2) is 9.09. The summed E-state index contributed by atoms with van der Waals surface area (Å²) in [5, 5.41) is 3.90. The number of ether oxygens (including phenoxy) is 1. The lowest BCUT2D eigenvalue weighted by Crippen LogP contribution is -2.43. The van der Waals surface area contributed by atoms with Crippen molar-refractivity contribution in [2.75, 3.05) is 20.1 Å². The van der Waals surface area contributed by atoms with Gasteiger partial charge in [-0.3, -0.25) is 4.79 Å². The first-order chi connectivity index (χ1) is 11.7. The van der Waals surface area contributed by atoms with Gasteiger partial charge >= 0.3 is 0 Å². The van der Waals surface area contributed by atoms with Gasteiger partial charge in [0, 0.05) is 29.7 Å². The van der Waals surface area contributed by atoms with Crippen molar-refractivity contribution < 1.29 is 9.53 Å². The molecule has 3 rings (SSSR count). The standard InChI is InChI=1S/C19H21ClN2O2.ClH/c1-21-16-9-11-22(12-10-16)19(23)14-5-7-17(8-6-14)24-18-4-2-3-15(20)13-18;/h2-8,13,16,21H,9-12H2,1H3;1H. The Morgan fingerprint density at radius 3 is 2.40 bits per heavy atom. The fourth-order valence-electron chi connectivity index (χ4n) is 2.89. The molecule has 1 aliphatic heterocycles. The normalized spacial score (nSPS) is 14.7. The van der Waals surface area contributed by atoms with E-state index in [1.54, 1.807) is 12.1 Å². The van der Waals surface area contributed by atoms with Gasteiger partial charge < -0.3 is 15.0 Å². The third-order valence-electron chi connectivity index (χ3n) is 4.32. The van der Waals surface area contributed by atoms with E-state index >= 15 is 0 Å². The number of hydrogen-bond donors (Lipinski definition) is 1. The van der Waals surface area contributed by atoms with Crippen molar-refractivity contribution in [3.63, 3.8) is 0 Å². The summed E-state index contributed by atoms with van der Waals surface area (Å²) in [6.45, 7) is 1.59. The summed E-state index contributed by atoms with van der Waals surface area (Å²) in [5.74, 6) is 1.44. The molecule has 2 aromatic rings. The Morgan fingerprint density at radius 1 is 1.12 bits per heavy atom. The number of piperidine rings is 1. The number of nitrogens with one attached hydrogen (secondary N) is 1. The summed E-state index contributed by atoms with van der Waals surface area (Å²) in [7, 11) is 1.97. The van der Waals surface area contributed by atoms with Gasteiger partial charge in [0.05, 0.1) is 0 Å². The molecule has 1 fully saturated rings. The molecule has 1 amide bonds. The van der Waals surface area contributed by atoms with E-state index in [4.69, 9.17) is 16.3 Å². The van der Waals surface area contributed by atoms with Crippen LogP contribution in [0.3, 0.4) is 0 Å². The maximum absolute atomic E-state index is 12.6. The number of carbonyl (C=O) groups is 1. The minimum absolute atomic E-state index is 0. The Morgan fingerprint density at radius 2 is 1.80 bits per heavy atom. The highest BCUT2D eigenvalue weighted by molar-refractivity contribution is 6.30. The lowest BCUT2D eigenvalue weighted by atomic mass is 10.0. The van der Waals surface area contributed by atoms with Crippen LogP contribution in [0.15, 0.2) is 48.5 Å². The van der Waals surface area contributed by atoms with Crippen molar-refractivity contribution in [1.82, 2.24) is 10.2 Å². The lowest BCUT2D eigenvalue weighted by molar-refractivity contribution is 0.0707. The highest BCUT2D eigenvalue weighted by Crippen LogP contribution is 2.25. The Kier molecular flexibility index (Phi) is 7.12. The molecule has 4 nitrogen and oxygen atoms in total. The Labute approximate surface area is 159 Å². The van der Waals surface area contributed by atoms with Gasteiger partial charge in [0.25, 0.3) is 5.91 Å². The van der Waals surface area contributed by atoms with Gasteiger partial charge in [-0.2, -0.15) is 0 Å². The van der Waals surface area contributed by atoms with Crippen LogP contribution in [0.1, 0.15) is 23.2 Å². The average molecular weight is 381 g/mol. The summed E-state index contributed by atoms with van der Waals surface area (Å²) >= 11 is 5.95. The third-order valence-corrected chi connectivity index (χ3v) is 4.56. The van der Waals surface area contributed by atoms with Crippen molar-refractivity contribution in [3.8, 4) is 11.5 Å². The Balaban J connectivity index is 0.00000225. The molecular weight excluding hydrogens is 359 g/mol. The van der Waals surface area contributed by atoms with Gasteiger partial charge in [0.15, 0.2) is 0 Å². The Hall–Kier alpha value is -1.75. The van der Waals surface area contributed by atoms with Crippen molar-refractivity contribution in [2.45, 2.75) is 18.9 Å². The maximum Gasteiger partial charge on any atom is 0.253 e. The van der Waals surface area contributed by atoms with Crippen LogP contribution >= 0.6 is 24.0 Å². The molecule has 0 radical (unpaired) electrons. The van der Waals surface area contributed by atoms with Gasteiger partial charge in [0.1, 0.15) is 11.5 Å². The molecule has 0 spiro atoms. The third kappa shape index (κ3) is 5.11. The first kappa shape index (κ1) is 19.6. The molecule has 0 bridgehead atoms. The molecule has 2 aromatic carbocycles. The summed E-state index contributed by atoms with van der Waals surface area (Å²) in [6, 6.07) is 15.0. The largest absolute Gasteiger partial charge is 0.457 e. The summed E-state index contributed by atoms with van der Waals surface area (Å²) < 4.78 is 5.75. The number of hydrogen-bond acceptors (Lipinski definition) is 3. The molecule has 0 unspecified atom stereocenters. The number of amides is 1. The molecule has 6 heteroatoms. The van der Waals surface area contributed by atoms with E-state index in [9.17, 15) is 4.79 Å². The van der Waals surface area contributed by atoms with Gasteiger partial charge in [-0.25, -0.2) is 0 Å². The summed E-state index contributed by atoms with van der Waals surface area (Å²) in [5.41, 5.74) is 0.691. The number of carbonyl (C=O) groups excluding carboxylic acids is 1. The highest BCUT2D eigenvalue weighted by Gasteiger charge is 2.22. The molecule has 1 N–H and O–H groups in total. The van der Waals surface area contributed by atoms with Crippen LogP contribution in [-0.4, -0.2) is 37.0 Å². The SMILES string of the molecule is CNC1CCN(C(=O)c2ccc(Oc3cccc(Cl)c3)cc2)CC1.Cl. The quantitative estimate of drug-likeness (QED) is 0.855. The van der Waals surface area contributed by atoms with Gasteiger partial charge in [-0.15, -0.1) is 12.4 Å². The van der Waals surface area contributed by atoms with Crippen LogP contribution in [-0.2, 0) is 0 Å². The van der Waals surface area contributed by atoms with E-state index in [0.29, 0.717) is 28.1 Å². The topological polar surface area (TPSA) is 41.6 Å². The van der Waals surface area contributed by atoms with Gasteiger partial charge in [-0.1, -0.05) is 17.7 Å². The van der Waals surface area contributed by atoms with E-state index in [-0.39, 0.29) is 18.3 Å². The molecule has 0 saturated carbocycles. The smallest absolute Gasteiger partial charge is 0.253 e. The lowest BCUT2D eigenvalue weighted by Gasteiger charge is -2.31. The monoisotopic (exact) mass is 380 g/mol. The zero-order chi connectivity index (χ0) is 16.9. The van der Waals surface area contributed by atoms with E-state index in [0.717, 1.165) is 25.9 Å². The number of likely N-dealkylation sites (tertiary alicyclic amines) is 1. The molecule has 1 heterocycles. The first-order valence-corrected chi connectivity index (χ1v) is 8.53. The highest BCUT2D eigenvalue weighted by atomic mass is 35.5. The minimum atomic E-state index is 0. The second-order valence-corrected chi connectivity index (χ2v) is 6.38. The zero-order valence-electron chi connectivity index (χ0n) is 14.1. The number of rotatable bonds is 4. The van der Waals surface area contributed by atoms with Crippen LogP contribution in [0.2, 0.25) is 5.02 Å². The summed E-state index contributed by atoms with van der Waals surface area (Å²) in [6.07, 6.45) is 2.00. The number of halogens is 2. The van der Waals surface area contributed by atoms with Crippen LogP contribution in [0.25, 0.3) is 0 Å².